The van der Waals surface area contributed by atoms with Crippen molar-refractivity contribution in [1.82, 2.24) is 0 Å². The smallest absolute Gasteiger partial charge is 0.187 e. The van der Waals surface area contributed by atoms with Crippen LogP contribution in [0, 0.1) is 0 Å². The maximum atomic E-state index is 12.0. The zero-order valence-corrected chi connectivity index (χ0v) is 51.8. The second-order valence-electron chi connectivity index (χ2n) is 25.3. The van der Waals surface area contributed by atoms with Gasteiger partial charge in [0.2, 0.25) is 0 Å². The Kier molecular flexibility index (Phi) is 27.4. The van der Waals surface area contributed by atoms with Crippen LogP contribution in [-0.2, 0) is 85.3 Å². The van der Waals surface area contributed by atoms with Crippen LogP contribution < -0.4 is 0 Å². The first-order valence-electron chi connectivity index (χ1n) is 31.6. The Morgan fingerprint density at radius 1 is 0.182 bits per heavy atom. The molecular formula is C54H90O45. The van der Waals surface area contributed by atoms with Crippen molar-refractivity contribution in [2.75, 3.05) is 59.5 Å². The molecule has 27 N–H and O–H groups in total. The largest absolute Gasteiger partial charge is 0.394 e. The number of hydrogen-bond donors (Lipinski definition) is 27. The second kappa shape index (κ2) is 34.0. The second-order valence-corrected chi connectivity index (χ2v) is 25.3. The van der Waals surface area contributed by atoms with Gasteiger partial charge in [-0.1, -0.05) is 0 Å². The number of rotatable bonds is 15. The van der Waals surface area contributed by atoms with Crippen molar-refractivity contribution in [3.8, 4) is 0 Å². The van der Waals surface area contributed by atoms with Crippen molar-refractivity contribution >= 4 is 0 Å². The third kappa shape index (κ3) is 16.0. The van der Waals surface area contributed by atoms with E-state index in [9.17, 15) is 138 Å². The van der Waals surface area contributed by atoms with Gasteiger partial charge in [-0.3, -0.25) is 0 Å². The van der Waals surface area contributed by atoms with E-state index in [1.54, 1.807) is 0 Å². The van der Waals surface area contributed by atoms with E-state index < -0.39 is 336 Å². The van der Waals surface area contributed by atoms with Crippen molar-refractivity contribution in [2.24, 2.45) is 0 Å². The Morgan fingerprint density at radius 2 is 0.404 bits per heavy atom. The Hall–Kier alpha value is -1.80. The zero-order valence-electron chi connectivity index (χ0n) is 51.8. The highest BCUT2D eigenvalue weighted by atomic mass is 16.8. The molecule has 45 heteroatoms. The van der Waals surface area contributed by atoms with Crippen LogP contribution in [0.3, 0.4) is 0 Å². The van der Waals surface area contributed by atoms with Crippen molar-refractivity contribution in [2.45, 2.75) is 276 Å². The lowest BCUT2D eigenvalue weighted by Gasteiger charge is -2.51. The number of ether oxygens (including phenoxy) is 18. The molecule has 25 aliphatic rings. The summed E-state index contributed by atoms with van der Waals surface area (Å²) in [6, 6.07) is 0. The molecule has 576 valence electrons. The first-order valence-corrected chi connectivity index (χ1v) is 31.6. The predicted molar refractivity (Wildman–Crippen MR) is 294 cm³/mol. The highest BCUT2D eigenvalue weighted by Gasteiger charge is 2.61. The van der Waals surface area contributed by atoms with Crippen LogP contribution in [-0.4, -0.2) is 474 Å². The number of hydrogen-bond acceptors (Lipinski definition) is 45. The third-order valence-corrected chi connectivity index (χ3v) is 19.0. The molecule has 25 aliphatic heterocycles. The highest BCUT2D eigenvalue weighted by molar-refractivity contribution is 5.03. The summed E-state index contributed by atoms with van der Waals surface area (Å²) >= 11 is 0. The molecule has 0 saturated carbocycles. The van der Waals surface area contributed by atoms with Gasteiger partial charge in [-0.05, 0) is 0 Å². The molecule has 25 rings (SSSR count). The Morgan fingerprint density at radius 3 is 0.677 bits per heavy atom. The van der Waals surface area contributed by atoms with E-state index in [1.807, 2.05) is 0 Å². The molecule has 45 nitrogen and oxygen atoms in total. The summed E-state index contributed by atoms with van der Waals surface area (Å²) in [5.74, 6) is 0. The molecule has 12 bridgehead atoms. The summed E-state index contributed by atoms with van der Waals surface area (Å²) in [6.45, 7) is -9.72. The molecule has 0 amide bonds. The summed E-state index contributed by atoms with van der Waals surface area (Å²) in [5, 5.41) is 298. The molecule has 0 aromatic heterocycles. The summed E-state index contributed by atoms with van der Waals surface area (Å²) < 4.78 is 103. The average molecular weight is 1460 g/mol. The molecule has 0 radical (unpaired) electrons. The van der Waals surface area contributed by atoms with Crippen molar-refractivity contribution in [3.63, 3.8) is 0 Å². The molecule has 99 heavy (non-hydrogen) atoms. The fourth-order valence-electron chi connectivity index (χ4n) is 13.3. The van der Waals surface area contributed by atoms with Gasteiger partial charge in [-0.15, -0.1) is 0 Å². The molecule has 25 heterocycles. The lowest BCUT2D eigenvalue weighted by molar-refractivity contribution is -0.406. The van der Waals surface area contributed by atoms with E-state index in [0.29, 0.717) is 0 Å². The van der Waals surface area contributed by atoms with Gasteiger partial charge in [0.25, 0.3) is 0 Å². The van der Waals surface area contributed by atoms with E-state index in [0.717, 1.165) is 0 Å². The zero-order chi connectivity index (χ0) is 72.1. The quantitative estimate of drug-likeness (QED) is 0.0724. The standard InChI is InChI=1S/C54H90O45/c55-1-10-19(63)20(64)29(73)47(83-10)92-39-12(3-57)85-48(31(75)22(39)66)93-38-11(2-56)84-46(30(74)21(38)65)82-9-18-45-28(72)37(81)54(91-18)98-44-17(8-62)89-52(35(79)26(44)70)96-42-15(6-60)87-50(33(77)24(42)68)94-40-13(4-58)86-49(32(76)23(40)67)95-41-14(5-59)88-51(34(78)25(41)69)97-43-16(7-61)90-53(99-45)36(80)27(43)71/h10-81H,1-9H2. The molecule has 0 aliphatic carbocycles. The van der Waals surface area contributed by atoms with Crippen LogP contribution in [0.1, 0.15) is 0 Å². The van der Waals surface area contributed by atoms with Gasteiger partial charge in [0.1, 0.15) is 220 Å². The summed E-state index contributed by atoms with van der Waals surface area (Å²) in [7, 11) is 0. The molecular weight excluding hydrogens is 1370 g/mol. The normalized spacial score (nSPS) is 55.0. The maximum absolute atomic E-state index is 12.0. The molecule has 0 spiro atoms. The van der Waals surface area contributed by atoms with Crippen LogP contribution >= 0.6 is 0 Å². The maximum Gasteiger partial charge on any atom is 0.187 e. The van der Waals surface area contributed by atoms with Gasteiger partial charge in [0, 0.05) is 0 Å². The molecule has 25 fully saturated rings. The topological polar surface area (TPSA) is 712 Å². The fourth-order valence-corrected chi connectivity index (χ4v) is 13.3. The van der Waals surface area contributed by atoms with Crippen molar-refractivity contribution < 1.29 is 223 Å². The fraction of sp³-hybridized carbons (Fsp3) is 1.00. The first-order chi connectivity index (χ1) is 47.1. The Bertz CT molecular complexity index is 2460. The van der Waals surface area contributed by atoms with Gasteiger partial charge in [0.05, 0.1) is 59.5 Å². The minimum absolute atomic E-state index is 0.882. The van der Waals surface area contributed by atoms with Crippen LogP contribution in [0.25, 0.3) is 0 Å². The van der Waals surface area contributed by atoms with Crippen LogP contribution in [0.5, 0.6) is 0 Å². The summed E-state index contributed by atoms with van der Waals surface area (Å²) in [5.41, 5.74) is 0. The SMILES string of the molecule is OCC1OC(OC2C(CO)OC(OC3C(CO)OC(OCC4OC5OC6C(CO)OC(OC7C(CO)OC(OC8C(CO)OC(OC9C(CO)OC(OC%10C(CO)OC(OC4C(O)C5O)C(O)C%10O)C(O)C9O)C(O)C8O)C(O)C7O)C(O)C6O)C(O)C3O)C(O)C2O)C(O)C(O)C1O. The van der Waals surface area contributed by atoms with E-state index >= 15 is 0 Å². The van der Waals surface area contributed by atoms with Gasteiger partial charge in [-0.25, -0.2) is 0 Å². The Balaban J connectivity index is 0.900. The van der Waals surface area contributed by atoms with E-state index in [2.05, 4.69) is 0 Å². The van der Waals surface area contributed by atoms with Crippen molar-refractivity contribution in [3.05, 3.63) is 0 Å². The van der Waals surface area contributed by atoms with E-state index in [1.165, 1.54) is 0 Å². The van der Waals surface area contributed by atoms with Gasteiger partial charge >= 0.3 is 0 Å². The first kappa shape index (κ1) is 79.8. The molecule has 45 atom stereocenters. The Labute approximate surface area is 558 Å². The minimum atomic E-state index is -2.41. The minimum Gasteiger partial charge on any atom is -0.394 e. The number of aliphatic hydroxyl groups excluding tert-OH is 27. The monoisotopic (exact) mass is 1460 g/mol. The van der Waals surface area contributed by atoms with Crippen LogP contribution in [0.4, 0.5) is 0 Å². The van der Waals surface area contributed by atoms with Crippen LogP contribution in [0.15, 0.2) is 0 Å². The average Bonchev–Trinajstić information content (AvgIpc) is 0.784. The molecule has 25 saturated heterocycles. The highest BCUT2D eigenvalue weighted by Crippen LogP contribution is 2.40. The molecule has 0 aromatic carbocycles. The lowest BCUT2D eigenvalue weighted by Crippen LogP contribution is -2.69. The van der Waals surface area contributed by atoms with Crippen molar-refractivity contribution in [1.29, 1.82) is 0 Å². The van der Waals surface area contributed by atoms with Gasteiger partial charge in [-0.2, -0.15) is 0 Å². The predicted octanol–water partition coefficient (Wildman–Crippen LogP) is -19.6. The summed E-state index contributed by atoms with van der Waals surface area (Å²) in [6.07, 6.45) is -93.4. The molecule has 0 aromatic rings. The molecule has 45 unspecified atom stereocenters. The number of aliphatic hydroxyl groups is 27. The van der Waals surface area contributed by atoms with Crippen LogP contribution in [0.2, 0.25) is 0 Å². The summed E-state index contributed by atoms with van der Waals surface area (Å²) in [4.78, 5) is 0. The van der Waals surface area contributed by atoms with Gasteiger partial charge in [0.15, 0.2) is 56.6 Å². The van der Waals surface area contributed by atoms with Gasteiger partial charge < -0.3 is 223 Å². The van der Waals surface area contributed by atoms with E-state index in [4.69, 9.17) is 85.3 Å². The third-order valence-electron chi connectivity index (χ3n) is 19.0. The lowest BCUT2D eigenvalue weighted by atomic mass is 9.94. The van der Waals surface area contributed by atoms with E-state index in [-0.39, 0.29) is 0 Å².